The van der Waals surface area contributed by atoms with Crippen molar-refractivity contribution in [2.45, 2.75) is 12.8 Å². The SMILES string of the molecule is CN=C(NCCCN1CCN(c2ccccc2F)CC1)NCCN(C)CCCOC. The van der Waals surface area contributed by atoms with E-state index < -0.39 is 0 Å². The molecule has 0 bridgehead atoms. The number of guanidine groups is 1. The van der Waals surface area contributed by atoms with Gasteiger partial charge in [-0.05, 0) is 38.6 Å². The highest BCUT2D eigenvalue weighted by Gasteiger charge is 2.18. The molecular formula is C22H39FN6O. The van der Waals surface area contributed by atoms with Gasteiger partial charge in [0.25, 0.3) is 0 Å². The Morgan fingerprint density at radius 2 is 1.83 bits per heavy atom. The topological polar surface area (TPSA) is 55.4 Å². The number of para-hydroxylation sites is 1. The summed E-state index contributed by atoms with van der Waals surface area (Å²) >= 11 is 0. The van der Waals surface area contributed by atoms with Gasteiger partial charge in [0.15, 0.2) is 5.96 Å². The molecule has 0 unspecified atom stereocenters. The van der Waals surface area contributed by atoms with E-state index in [2.05, 4.69) is 37.4 Å². The molecule has 1 aliphatic rings. The molecule has 0 amide bonds. The number of ether oxygens (including phenoxy) is 1. The fourth-order valence-corrected chi connectivity index (χ4v) is 3.61. The van der Waals surface area contributed by atoms with Gasteiger partial charge in [-0.15, -0.1) is 0 Å². The number of piperazine rings is 1. The van der Waals surface area contributed by atoms with Crippen LogP contribution in [0.1, 0.15) is 12.8 Å². The molecule has 170 valence electrons. The van der Waals surface area contributed by atoms with E-state index in [1.165, 1.54) is 6.07 Å². The molecule has 0 aliphatic carbocycles. The van der Waals surface area contributed by atoms with Gasteiger partial charge in [-0.1, -0.05) is 12.1 Å². The van der Waals surface area contributed by atoms with Gasteiger partial charge in [0.05, 0.1) is 5.69 Å². The largest absolute Gasteiger partial charge is 0.385 e. The molecule has 1 heterocycles. The minimum atomic E-state index is -0.129. The number of benzene rings is 1. The lowest BCUT2D eigenvalue weighted by Crippen LogP contribution is -2.47. The Hall–Kier alpha value is -1.90. The Kier molecular flexibility index (Phi) is 11.5. The highest BCUT2D eigenvalue weighted by atomic mass is 19.1. The first-order valence-electron chi connectivity index (χ1n) is 11.0. The van der Waals surface area contributed by atoms with Crippen molar-refractivity contribution in [2.75, 3.05) is 91.6 Å². The van der Waals surface area contributed by atoms with Gasteiger partial charge >= 0.3 is 0 Å². The van der Waals surface area contributed by atoms with Gasteiger partial charge in [-0.25, -0.2) is 4.39 Å². The number of nitrogens with zero attached hydrogens (tertiary/aromatic N) is 4. The number of rotatable bonds is 12. The standard InChI is InChI=1S/C22H39FN6O/c1-24-22(26-11-14-27(2)12-7-19-30-3)25-10-6-13-28-15-17-29(18-16-28)21-9-5-4-8-20(21)23/h4-5,8-9H,6-7,10-19H2,1-3H3,(H2,24,25,26). The van der Waals surface area contributed by atoms with Gasteiger partial charge in [0, 0.05) is 73.1 Å². The molecule has 1 aromatic carbocycles. The van der Waals surface area contributed by atoms with Crippen molar-refractivity contribution >= 4 is 11.6 Å². The second kappa shape index (κ2) is 14.2. The summed E-state index contributed by atoms with van der Waals surface area (Å²) in [5, 5.41) is 6.76. The molecule has 30 heavy (non-hydrogen) atoms. The Morgan fingerprint density at radius 3 is 2.53 bits per heavy atom. The summed E-state index contributed by atoms with van der Waals surface area (Å²) in [6, 6.07) is 7.04. The molecule has 0 saturated carbocycles. The molecule has 0 radical (unpaired) electrons. The molecule has 1 aliphatic heterocycles. The minimum Gasteiger partial charge on any atom is -0.385 e. The number of aliphatic imine (C=N–C) groups is 1. The molecule has 2 N–H and O–H groups in total. The predicted molar refractivity (Wildman–Crippen MR) is 123 cm³/mol. The van der Waals surface area contributed by atoms with Crippen LogP contribution >= 0.6 is 0 Å². The highest BCUT2D eigenvalue weighted by Crippen LogP contribution is 2.20. The van der Waals surface area contributed by atoms with Gasteiger partial charge in [0.1, 0.15) is 5.82 Å². The van der Waals surface area contributed by atoms with Gasteiger partial charge in [0.2, 0.25) is 0 Å². The molecular weight excluding hydrogens is 383 g/mol. The fraction of sp³-hybridized carbons (Fsp3) is 0.682. The number of methoxy groups -OCH3 is 1. The van der Waals surface area contributed by atoms with Crippen LogP contribution in [0.25, 0.3) is 0 Å². The average molecular weight is 423 g/mol. The average Bonchev–Trinajstić information content (AvgIpc) is 2.76. The van der Waals surface area contributed by atoms with Crippen molar-refractivity contribution in [1.82, 2.24) is 20.4 Å². The second-order valence-corrected chi connectivity index (χ2v) is 7.71. The van der Waals surface area contributed by atoms with Crippen LogP contribution in [0.2, 0.25) is 0 Å². The first kappa shape index (κ1) is 24.4. The summed E-state index contributed by atoms with van der Waals surface area (Å²) in [4.78, 5) is 11.2. The van der Waals surface area contributed by atoms with Gasteiger partial charge in [-0.3, -0.25) is 9.89 Å². The third-order valence-electron chi connectivity index (χ3n) is 5.41. The zero-order valence-electron chi connectivity index (χ0n) is 18.9. The minimum absolute atomic E-state index is 0.129. The van der Waals surface area contributed by atoms with E-state index in [1.54, 1.807) is 20.2 Å². The third-order valence-corrected chi connectivity index (χ3v) is 5.41. The number of hydrogen-bond acceptors (Lipinski definition) is 5. The van der Waals surface area contributed by atoms with Crippen molar-refractivity contribution in [3.63, 3.8) is 0 Å². The van der Waals surface area contributed by atoms with Crippen LogP contribution in [0.5, 0.6) is 0 Å². The summed E-state index contributed by atoms with van der Waals surface area (Å²) in [5.41, 5.74) is 0.720. The maximum absolute atomic E-state index is 13.9. The summed E-state index contributed by atoms with van der Waals surface area (Å²) in [6.07, 6.45) is 2.10. The van der Waals surface area contributed by atoms with Crippen LogP contribution in [0.15, 0.2) is 29.3 Å². The Balaban J connectivity index is 1.55. The normalized spacial score (nSPS) is 15.6. The molecule has 7 nitrogen and oxygen atoms in total. The van der Waals surface area contributed by atoms with Crippen LogP contribution in [0.4, 0.5) is 10.1 Å². The highest BCUT2D eigenvalue weighted by molar-refractivity contribution is 5.79. The molecule has 0 spiro atoms. The number of nitrogens with one attached hydrogen (secondary N) is 2. The van der Waals surface area contributed by atoms with E-state index in [4.69, 9.17) is 4.74 Å². The molecule has 8 heteroatoms. The summed E-state index contributed by atoms with van der Waals surface area (Å²) in [5.74, 6) is 0.722. The molecule has 0 aromatic heterocycles. The summed E-state index contributed by atoms with van der Waals surface area (Å²) in [6.45, 7) is 9.27. The predicted octanol–water partition coefficient (Wildman–Crippen LogP) is 1.47. The van der Waals surface area contributed by atoms with Crippen LogP contribution in [0, 0.1) is 5.82 Å². The van der Waals surface area contributed by atoms with Gasteiger partial charge < -0.3 is 25.2 Å². The Morgan fingerprint density at radius 1 is 1.10 bits per heavy atom. The lowest BCUT2D eigenvalue weighted by Gasteiger charge is -2.36. The zero-order chi connectivity index (χ0) is 21.6. The lowest BCUT2D eigenvalue weighted by molar-refractivity contribution is 0.180. The van der Waals surface area contributed by atoms with E-state index >= 15 is 0 Å². The first-order chi connectivity index (χ1) is 14.6. The lowest BCUT2D eigenvalue weighted by atomic mass is 10.2. The second-order valence-electron chi connectivity index (χ2n) is 7.71. The van der Waals surface area contributed by atoms with Crippen LogP contribution in [-0.4, -0.2) is 102 Å². The third kappa shape index (κ3) is 8.85. The maximum atomic E-state index is 13.9. The molecule has 2 rings (SSSR count). The van der Waals surface area contributed by atoms with E-state index in [0.29, 0.717) is 0 Å². The van der Waals surface area contributed by atoms with Crippen molar-refractivity contribution in [1.29, 1.82) is 0 Å². The molecule has 0 atom stereocenters. The summed E-state index contributed by atoms with van der Waals surface area (Å²) in [7, 11) is 5.67. The maximum Gasteiger partial charge on any atom is 0.191 e. The van der Waals surface area contributed by atoms with Crippen molar-refractivity contribution in [3.05, 3.63) is 30.1 Å². The molecule has 1 fully saturated rings. The fourth-order valence-electron chi connectivity index (χ4n) is 3.61. The number of anilines is 1. The van der Waals surface area contributed by atoms with Gasteiger partial charge in [-0.2, -0.15) is 0 Å². The Labute approximate surface area is 181 Å². The number of hydrogen-bond donors (Lipinski definition) is 2. The van der Waals surface area contributed by atoms with Crippen molar-refractivity contribution in [3.8, 4) is 0 Å². The smallest absolute Gasteiger partial charge is 0.191 e. The van der Waals surface area contributed by atoms with Crippen molar-refractivity contribution in [2.24, 2.45) is 4.99 Å². The van der Waals surface area contributed by atoms with Crippen molar-refractivity contribution < 1.29 is 9.13 Å². The first-order valence-corrected chi connectivity index (χ1v) is 11.0. The van der Waals surface area contributed by atoms with E-state index in [9.17, 15) is 4.39 Å². The zero-order valence-corrected chi connectivity index (χ0v) is 18.9. The number of halogens is 1. The van der Waals surface area contributed by atoms with E-state index in [-0.39, 0.29) is 5.82 Å². The quantitative estimate of drug-likeness (QED) is 0.302. The Bertz CT molecular complexity index is 621. The summed E-state index contributed by atoms with van der Waals surface area (Å²) < 4.78 is 19.0. The molecule has 1 aromatic rings. The van der Waals surface area contributed by atoms with Crippen LogP contribution in [-0.2, 0) is 4.74 Å². The van der Waals surface area contributed by atoms with Crippen LogP contribution < -0.4 is 15.5 Å². The number of likely N-dealkylation sites (N-methyl/N-ethyl adjacent to an activating group) is 1. The molecule has 1 saturated heterocycles. The monoisotopic (exact) mass is 422 g/mol. The van der Waals surface area contributed by atoms with Crippen LogP contribution in [0.3, 0.4) is 0 Å². The van der Waals surface area contributed by atoms with E-state index in [0.717, 1.165) is 90.0 Å². The van der Waals surface area contributed by atoms with E-state index in [1.807, 2.05) is 12.1 Å².